The average molecular weight is 302 g/mol. The lowest BCUT2D eigenvalue weighted by atomic mass is 10.2. The number of nitrogens with zero attached hydrogens (tertiary/aromatic N) is 1. The summed E-state index contributed by atoms with van der Waals surface area (Å²) in [4.78, 5) is -0.351. The SMILES string of the molecule is COc1cc(C=C(C#N)S(C)(=O)=O)cc(Cl)c1OC. The number of hydrogen-bond acceptors (Lipinski definition) is 5. The molecule has 0 unspecified atom stereocenters. The Morgan fingerprint density at radius 2 is 2.00 bits per heavy atom. The lowest BCUT2D eigenvalue weighted by Gasteiger charge is -2.10. The minimum atomic E-state index is -3.58. The molecule has 0 aliphatic heterocycles. The van der Waals surface area contributed by atoms with Crippen LogP contribution in [0.4, 0.5) is 0 Å². The van der Waals surface area contributed by atoms with Crippen molar-refractivity contribution in [3.8, 4) is 17.6 Å². The molecule has 0 atom stereocenters. The average Bonchev–Trinajstić information content (AvgIpc) is 2.33. The Hall–Kier alpha value is -1.71. The molecule has 0 aromatic heterocycles. The number of benzene rings is 1. The van der Waals surface area contributed by atoms with Gasteiger partial charge in [0.1, 0.15) is 11.0 Å². The molecule has 1 rings (SSSR count). The smallest absolute Gasteiger partial charge is 0.185 e. The molecule has 0 bridgehead atoms. The van der Waals surface area contributed by atoms with Crippen molar-refractivity contribution < 1.29 is 17.9 Å². The largest absolute Gasteiger partial charge is 0.493 e. The highest BCUT2D eigenvalue weighted by Crippen LogP contribution is 2.36. The Morgan fingerprint density at radius 1 is 1.37 bits per heavy atom. The van der Waals surface area contributed by atoms with Crippen LogP contribution in [0, 0.1) is 11.3 Å². The summed E-state index contributed by atoms with van der Waals surface area (Å²) < 4.78 is 32.8. The maximum Gasteiger partial charge on any atom is 0.185 e. The third kappa shape index (κ3) is 3.63. The van der Waals surface area contributed by atoms with Gasteiger partial charge in [0.25, 0.3) is 0 Å². The Bertz CT molecular complexity index is 659. The Morgan fingerprint density at radius 3 is 2.42 bits per heavy atom. The summed E-state index contributed by atoms with van der Waals surface area (Å²) >= 11 is 5.99. The van der Waals surface area contributed by atoms with Crippen LogP contribution in [0.25, 0.3) is 6.08 Å². The van der Waals surface area contributed by atoms with Crippen LogP contribution in [-0.4, -0.2) is 28.9 Å². The number of hydrogen-bond donors (Lipinski definition) is 0. The van der Waals surface area contributed by atoms with E-state index in [9.17, 15) is 8.42 Å². The highest BCUT2D eigenvalue weighted by molar-refractivity contribution is 7.95. The van der Waals surface area contributed by atoms with Gasteiger partial charge in [0.2, 0.25) is 0 Å². The maximum atomic E-state index is 11.3. The van der Waals surface area contributed by atoms with Gasteiger partial charge in [-0.25, -0.2) is 8.42 Å². The fourth-order valence-electron chi connectivity index (χ4n) is 1.39. The number of allylic oxidation sites excluding steroid dienone is 1. The van der Waals surface area contributed by atoms with Crippen LogP contribution in [0.2, 0.25) is 5.02 Å². The van der Waals surface area contributed by atoms with Gasteiger partial charge in [-0.05, 0) is 23.8 Å². The third-order valence-electron chi connectivity index (χ3n) is 2.26. The minimum absolute atomic E-state index is 0.263. The van der Waals surface area contributed by atoms with Crippen LogP contribution >= 0.6 is 11.6 Å². The van der Waals surface area contributed by atoms with Crippen LogP contribution in [0.1, 0.15) is 5.56 Å². The number of rotatable bonds is 4. The van der Waals surface area contributed by atoms with Crippen molar-refractivity contribution in [2.75, 3.05) is 20.5 Å². The molecule has 0 saturated carbocycles. The monoisotopic (exact) mass is 301 g/mol. The summed E-state index contributed by atoms with van der Waals surface area (Å²) in [6.45, 7) is 0. The predicted octanol–water partition coefficient (Wildman–Crippen LogP) is 2.27. The molecule has 5 nitrogen and oxygen atoms in total. The van der Waals surface area contributed by atoms with Gasteiger partial charge >= 0.3 is 0 Å². The highest BCUT2D eigenvalue weighted by atomic mass is 35.5. The van der Waals surface area contributed by atoms with E-state index in [1.165, 1.54) is 32.4 Å². The molecule has 0 radical (unpaired) electrons. The molecule has 0 N–H and O–H groups in total. The van der Waals surface area contributed by atoms with Crippen molar-refractivity contribution in [2.45, 2.75) is 0 Å². The zero-order valence-electron chi connectivity index (χ0n) is 10.6. The fourth-order valence-corrected chi connectivity index (χ4v) is 2.21. The van der Waals surface area contributed by atoms with E-state index in [1.807, 2.05) is 0 Å². The lowest BCUT2D eigenvalue weighted by Crippen LogP contribution is -1.98. The van der Waals surface area contributed by atoms with Gasteiger partial charge in [0.15, 0.2) is 21.3 Å². The van der Waals surface area contributed by atoms with E-state index in [4.69, 9.17) is 26.3 Å². The molecule has 0 aliphatic carbocycles. The summed E-state index contributed by atoms with van der Waals surface area (Å²) in [6.07, 6.45) is 2.19. The quantitative estimate of drug-likeness (QED) is 0.797. The van der Waals surface area contributed by atoms with Gasteiger partial charge in [0.05, 0.1) is 19.2 Å². The number of ether oxygens (including phenoxy) is 2. The van der Waals surface area contributed by atoms with Gasteiger partial charge in [-0.2, -0.15) is 5.26 Å². The van der Waals surface area contributed by atoms with Crippen molar-refractivity contribution in [3.05, 3.63) is 27.6 Å². The van der Waals surface area contributed by atoms with E-state index in [0.29, 0.717) is 17.1 Å². The molecule has 102 valence electrons. The Labute approximate surface area is 116 Å². The number of sulfone groups is 1. The number of nitriles is 1. The second-order valence-corrected chi connectivity index (χ2v) is 6.02. The van der Waals surface area contributed by atoms with Crippen molar-refractivity contribution in [2.24, 2.45) is 0 Å². The second kappa shape index (κ2) is 5.95. The van der Waals surface area contributed by atoms with Gasteiger partial charge in [0, 0.05) is 6.26 Å². The standard InChI is InChI=1S/C12H12ClNO4S/c1-17-11-6-8(5-10(13)12(11)18-2)4-9(7-14)19(3,15)16/h4-6H,1-3H3. The van der Waals surface area contributed by atoms with Crippen LogP contribution < -0.4 is 9.47 Å². The molecule has 0 amide bonds. The van der Waals surface area contributed by atoms with Crippen LogP contribution in [0.3, 0.4) is 0 Å². The van der Waals surface area contributed by atoms with Gasteiger partial charge < -0.3 is 9.47 Å². The fraction of sp³-hybridized carbons (Fsp3) is 0.250. The number of halogens is 1. The zero-order chi connectivity index (χ0) is 14.6. The summed E-state index contributed by atoms with van der Waals surface area (Å²) in [7, 11) is -0.702. The van der Waals surface area contributed by atoms with E-state index in [0.717, 1.165) is 6.26 Å². The number of methoxy groups -OCH3 is 2. The van der Waals surface area contributed by atoms with E-state index in [2.05, 4.69) is 0 Å². The normalized spacial score (nSPS) is 11.8. The van der Waals surface area contributed by atoms with E-state index >= 15 is 0 Å². The molecule has 7 heteroatoms. The first kappa shape index (κ1) is 15.3. The molecule has 0 fully saturated rings. The first-order valence-electron chi connectivity index (χ1n) is 5.07. The molecule has 0 heterocycles. The first-order chi connectivity index (χ1) is 8.83. The maximum absolute atomic E-state index is 11.3. The summed E-state index contributed by atoms with van der Waals surface area (Å²) in [5.41, 5.74) is 0.435. The van der Waals surface area contributed by atoms with Gasteiger partial charge in [-0.1, -0.05) is 11.6 Å². The van der Waals surface area contributed by atoms with Crippen molar-refractivity contribution >= 4 is 27.5 Å². The van der Waals surface area contributed by atoms with E-state index < -0.39 is 9.84 Å². The summed E-state index contributed by atoms with van der Waals surface area (Å²) in [5, 5.41) is 9.10. The highest BCUT2D eigenvalue weighted by Gasteiger charge is 2.14. The predicted molar refractivity (Wildman–Crippen MR) is 73.0 cm³/mol. The Kier molecular flexibility index (Phi) is 4.81. The molecule has 1 aromatic carbocycles. The molecule has 0 spiro atoms. The van der Waals surface area contributed by atoms with Crippen molar-refractivity contribution in [1.82, 2.24) is 0 Å². The molecule has 1 aromatic rings. The van der Waals surface area contributed by atoms with E-state index in [-0.39, 0.29) is 9.93 Å². The van der Waals surface area contributed by atoms with Crippen LogP contribution in [0.15, 0.2) is 17.0 Å². The molecular weight excluding hydrogens is 290 g/mol. The summed E-state index contributed by atoms with van der Waals surface area (Å²) in [6, 6.07) is 4.66. The summed E-state index contributed by atoms with van der Waals surface area (Å²) in [5.74, 6) is 0.700. The minimum Gasteiger partial charge on any atom is -0.493 e. The van der Waals surface area contributed by atoms with Crippen LogP contribution in [0.5, 0.6) is 11.5 Å². The molecule has 0 saturated heterocycles. The lowest BCUT2D eigenvalue weighted by molar-refractivity contribution is 0.355. The van der Waals surface area contributed by atoms with Gasteiger partial charge in [-0.15, -0.1) is 0 Å². The van der Waals surface area contributed by atoms with Gasteiger partial charge in [-0.3, -0.25) is 0 Å². The second-order valence-electron chi connectivity index (χ2n) is 3.63. The Balaban J connectivity index is 3.43. The first-order valence-corrected chi connectivity index (χ1v) is 7.33. The van der Waals surface area contributed by atoms with Crippen molar-refractivity contribution in [3.63, 3.8) is 0 Å². The molecule has 0 aliphatic rings. The molecule has 19 heavy (non-hydrogen) atoms. The van der Waals surface area contributed by atoms with Crippen LogP contribution in [-0.2, 0) is 9.84 Å². The van der Waals surface area contributed by atoms with E-state index in [1.54, 1.807) is 6.07 Å². The zero-order valence-corrected chi connectivity index (χ0v) is 12.2. The topological polar surface area (TPSA) is 76.4 Å². The molecular formula is C12H12ClNO4S. The van der Waals surface area contributed by atoms with Crippen molar-refractivity contribution in [1.29, 1.82) is 5.26 Å². The third-order valence-corrected chi connectivity index (χ3v) is 3.55.